The van der Waals surface area contributed by atoms with E-state index in [4.69, 9.17) is 15.7 Å². The average Bonchev–Trinajstić information content (AvgIpc) is 2.44. The number of hydrogen-bond acceptors (Lipinski definition) is 6. The summed E-state index contributed by atoms with van der Waals surface area (Å²) in [6.07, 6.45) is 0. The van der Waals surface area contributed by atoms with Gasteiger partial charge in [-0.1, -0.05) is 6.07 Å². The third-order valence-corrected chi connectivity index (χ3v) is 2.41. The Labute approximate surface area is 124 Å². The fourth-order valence-electron chi connectivity index (χ4n) is 1.46. The van der Waals surface area contributed by atoms with Crippen molar-refractivity contribution >= 4 is 11.8 Å². The number of ether oxygens (including phenoxy) is 2. The largest absolute Gasteiger partial charge is 0.454 e. The van der Waals surface area contributed by atoms with Gasteiger partial charge in [-0.05, 0) is 25.1 Å². The van der Waals surface area contributed by atoms with Crippen molar-refractivity contribution in [2.45, 2.75) is 13.5 Å². The molecule has 0 aliphatic rings. The van der Waals surface area contributed by atoms with Crippen molar-refractivity contribution < 1.29 is 27.8 Å². The van der Waals surface area contributed by atoms with Gasteiger partial charge in [0.2, 0.25) is 5.78 Å². The number of allylic oxidation sites excluding steroid dienone is 1. The molecule has 1 aromatic rings. The van der Waals surface area contributed by atoms with Crippen LogP contribution in [0.5, 0.6) is 5.75 Å². The van der Waals surface area contributed by atoms with E-state index in [9.17, 15) is 18.4 Å². The Kier molecular flexibility index (Phi) is 6.01. The smallest absolute Gasteiger partial charge is 0.387 e. The number of Topliss-reactive ketones (excluding diaryl/α,β-unsaturated/α-hetero) is 1. The molecule has 0 fully saturated rings. The molecular formula is C14H12F2N2O4. The van der Waals surface area contributed by atoms with Gasteiger partial charge in [-0.15, -0.1) is 0 Å². The normalized spacial score (nSPS) is 11.4. The number of halogens is 2. The molecule has 0 aliphatic heterocycles. The van der Waals surface area contributed by atoms with E-state index >= 15 is 0 Å². The predicted molar refractivity (Wildman–Crippen MR) is 70.9 cm³/mol. The van der Waals surface area contributed by atoms with Crippen molar-refractivity contribution in [1.29, 1.82) is 5.26 Å². The van der Waals surface area contributed by atoms with Crippen LogP contribution >= 0.6 is 0 Å². The van der Waals surface area contributed by atoms with Crippen LogP contribution in [0.1, 0.15) is 17.3 Å². The zero-order valence-corrected chi connectivity index (χ0v) is 11.5. The summed E-state index contributed by atoms with van der Waals surface area (Å²) in [7, 11) is 0. The van der Waals surface area contributed by atoms with Gasteiger partial charge in [0.05, 0.1) is 5.56 Å². The van der Waals surface area contributed by atoms with E-state index in [1.165, 1.54) is 25.1 Å². The van der Waals surface area contributed by atoms with Gasteiger partial charge in [0, 0.05) is 5.70 Å². The summed E-state index contributed by atoms with van der Waals surface area (Å²) in [5, 5.41) is 8.73. The Morgan fingerprint density at radius 3 is 2.64 bits per heavy atom. The lowest BCUT2D eigenvalue weighted by atomic mass is 10.1. The van der Waals surface area contributed by atoms with Gasteiger partial charge in [0.15, 0.2) is 6.61 Å². The van der Waals surface area contributed by atoms with Crippen LogP contribution in [0.4, 0.5) is 8.78 Å². The van der Waals surface area contributed by atoms with Gasteiger partial charge in [-0.3, -0.25) is 4.79 Å². The van der Waals surface area contributed by atoms with Crippen molar-refractivity contribution in [2.24, 2.45) is 5.73 Å². The molecule has 0 amide bonds. The highest BCUT2D eigenvalue weighted by Gasteiger charge is 2.16. The Morgan fingerprint density at radius 2 is 2.09 bits per heavy atom. The van der Waals surface area contributed by atoms with Crippen molar-refractivity contribution in [3.05, 3.63) is 41.1 Å². The molecule has 1 aromatic carbocycles. The molecule has 1 rings (SSSR count). The summed E-state index contributed by atoms with van der Waals surface area (Å²) < 4.78 is 33.0. The zero-order chi connectivity index (χ0) is 16.7. The molecule has 0 saturated carbocycles. The van der Waals surface area contributed by atoms with Crippen LogP contribution in [0.15, 0.2) is 35.5 Å². The van der Waals surface area contributed by atoms with E-state index < -0.39 is 25.0 Å². The lowest BCUT2D eigenvalue weighted by molar-refractivity contribution is -0.118. The van der Waals surface area contributed by atoms with Crippen molar-refractivity contribution in [3.8, 4) is 11.8 Å². The Bertz CT molecular complexity index is 646. The second-order valence-corrected chi connectivity index (χ2v) is 4.08. The highest BCUT2D eigenvalue weighted by atomic mass is 19.3. The maximum atomic E-state index is 12.1. The van der Waals surface area contributed by atoms with E-state index in [1.54, 1.807) is 6.07 Å². The molecule has 0 atom stereocenters. The van der Waals surface area contributed by atoms with E-state index in [-0.39, 0.29) is 22.6 Å². The van der Waals surface area contributed by atoms with Gasteiger partial charge in [0.1, 0.15) is 17.4 Å². The molecule has 2 N–H and O–H groups in total. The number of rotatable bonds is 6. The van der Waals surface area contributed by atoms with Crippen LogP contribution in [0.25, 0.3) is 0 Å². The van der Waals surface area contributed by atoms with Gasteiger partial charge in [-0.2, -0.15) is 14.0 Å². The number of esters is 1. The molecule has 0 saturated heterocycles. The molecule has 0 bridgehead atoms. The van der Waals surface area contributed by atoms with Crippen LogP contribution in [0.3, 0.4) is 0 Å². The third kappa shape index (κ3) is 4.86. The van der Waals surface area contributed by atoms with Crippen molar-refractivity contribution in [1.82, 2.24) is 0 Å². The molecular weight excluding hydrogens is 298 g/mol. The number of alkyl halides is 2. The van der Waals surface area contributed by atoms with Gasteiger partial charge in [-0.25, -0.2) is 4.79 Å². The minimum absolute atomic E-state index is 0.0101. The average molecular weight is 310 g/mol. The maximum Gasteiger partial charge on any atom is 0.387 e. The Balaban J connectivity index is 2.73. The number of hydrogen-bond donors (Lipinski definition) is 1. The monoisotopic (exact) mass is 310 g/mol. The number of carbonyl (C=O) groups is 2. The first-order chi connectivity index (χ1) is 10.3. The van der Waals surface area contributed by atoms with Crippen molar-refractivity contribution in [3.63, 3.8) is 0 Å². The van der Waals surface area contributed by atoms with E-state index in [1.807, 2.05) is 0 Å². The molecule has 8 heteroatoms. The van der Waals surface area contributed by atoms with E-state index in [2.05, 4.69) is 4.74 Å². The van der Waals surface area contributed by atoms with Gasteiger partial charge in [0.25, 0.3) is 0 Å². The Morgan fingerprint density at radius 1 is 1.41 bits per heavy atom. The van der Waals surface area contributed by atoms with Crippen LogP contribution in [-0.4, -0.2) is 25.0 Å². The number of carbonyl (C=O) groups excluding carboxylic acids is 2. The SMILES string of the molecule is C/C(N)=C(\C#N)C(=O)COC(=O)c1cccc(OC(F)F)c1. The maximum absolute atomic E-state index is 12.1. The number of nitrogens with two attached hydrogens (primary N) is 1. The molecule has 116 valence electrons. The molecule has 0 heterocycles. The molecule has 0 aromatic heterocycles. The molecule has 6 nitrogen and oxygen atoms in total. The molecule has 0 unspecified atom stereocenters. The minimum Gasteiger partial charge on any atom is -0.454 e. The van der Waals surface area contributed by atoms with Gasteiger partial charge < -0.3 is 15.2 Å². The predicted octanol–water partition coefficient (Wildman–Crippen LogP) is 1.77. The summed E-state index contributed by atoms with van der Waals surface area (Å²) >= 11 is 0. The fourth-order valence-corrected chi connectivity index (χ4v) is 1.46. The summed E-state index contributed by atoms with van der Waals surface area (Å²) in [5.74, 6) is -1.89. The van der Waals surface area contributed by atoms with Gasteiger partial charge >= 0.3 is 12.6 Å². The van der Waals surface area contributed by atoms with Crippen molar-refractivity contribution in [2.75, 3.05) is 6.61 Å². The second kappa shape index (κ2) is 7.73. The molecule has 0 aliphatic carbocycles. The first-order valence-electron chi connectivity index (χ1n) is 5.96. The Hall–Kier alpha value is -2.95. The van der Waals surface area contributed by atoms with E-state index in [0.717, 1.165) is 6.07 Å². The molecule has 0 spiro atoms. The van der Waals surface area contributed by atoms with E-state index in [0.29, 0.717) is 0 Å². The standard InChI is InChI=1S/C14H12F2N2O4/c1-8(18)11(6-17)12(19)7-21-13(20)9-3-2-4-10(5-9)22-14(15)16/h2-5,14H,7,18H2,1H3/b11-8-. The third-order valence-electron chi connectivity index (χ3n) is 2.41. The van der Waals surface area contributed by atoms with Crippen LogP contribution in [0.2, 0.25) is 0 Å². The van der Waals surface area contributed by atoms with Crippen LogP contribution in [0, 0.1) is 11.3 Å². The van der Waals surface area contributed by atoms with Crippen LogP contribution < -0.4 is 10.5 Å². The number of benzene rings is 1. The molecule has 22 heavy (non-hydrogen) atoms. The summed E-state index contributed by atoms with van der Waals surface area (Å²) in [6, 6.07) is 6.52. The first-order valence-corrected chi connectivity index (χ1v) is 5.96. The first kappa shape index (κ1) is 17.1. The van der Waals surface area contributed by atoms with Crippen LogP contribution in [-0.2, 0) is 9.53 Å². The zero-order valence-electron chi connectivity index (χ0n) is 11.5. The number of nitriles is 1. The summed E-state index contributed by atoms with van der Waals surface area (Å²) in [6.45, 7) is -2.34. The number of ketones is 1. The summed E-state index contributed by atoms with van der Waals surface area (Å²) in [5.41, 5.74) is 4.98. The minimum atomic E-state index is -3.02. The quantitative estimate of drug-likeness (QED) is 0.488. The highest BCUT2D eigenvalue weighted by Crippen LogP contribution is 2.16. The lowest BCUT2D eigenvalue weighted by Gasteiger charge is -2.07. The lowest BCUT2D eigenvalue weighted by Crippen LogP contribution is -2.17. The topological polar surface area (TPSA) is 102 Å². The fraction of sp³-hybridized carbons (Fsp3) is 0.214. The number of nitrogens with zero attached hydrogens (tertiary/aromatic N) is 1. The highest BCUT2D eigenvalue weighted by molar-refractivity contribution is 6.02. The summed E-state index contributed by atoms with van der Waals surface area (Å²) in [4.78, 5) is 23.3. The molecule has 0 radical (unpaired) electrons. The second-order valence-electron chi connectivity index (χ2n) is 4.08.